The van der Waals surface area contributed by atoms with E-state index in [-0.39, 0.29) is 0 Å². The van der Waals surface area contributed by atoms with Crippen molar-refractivity contribution in [1.82, 2.24) is 4.40 Å². The van der Waals surface area contributed by atoms with Gasteiger partial charge in [-0.3, -0.25) is 0 Å². The number of nitrogens with zero attached hydrogens (tertiary/aromatic N) is 1. The van der Waals surface area contributed by atoms with Crippen molar-refractivity contribution in [2.24, 2.45) is 0 Å². The summed E-state index contributed by atoms with van der Waals surface area (Å²) in [7, 11) is 0. The van der Waals surface area contributed by atoms with Gasteiger partial charge in [0, 0.05) is 28.0 Å². The predicted octanol–water partition coefficient (Wildman–Crippen LogP) is 4.74. The molecule has 3 aromatic carbocycles. The number of benzene rings is 3. The molecule has 0 spiro atoms. The zero-order valence-corrected chi connectivity index (χ0v) is 10.9. The van der Waals surface area contributed by atoms with Crippen molar-refractivity contribution in [3.63, 3.8) is 0 Å². The molecule has 1 nitrogen and oxygen atoms in total. The SMILES string of the molecule is c1cc2c3c(c1)c1cccc4c5cccc(c5n3c14)C2. The van der Waals surface area contributed by atoms with E-state index in [1.54, 1.807) is 0 Å². The van der Waals surface area contributed by atoms with Crippen molar-refractivity contribution in [2.75, 3.05) is 0 Å². The number of para-hydroxylation sites is 3. The van der Waals surface area contributed by atoms with Crippen LogP contribution in [0, 0.1) is 0 Å². The van der Waals surface area contributed by atoms with Crippen LogP contribution in [-0.4, -0.2) is 4.40 Å². The molecule has 1 aliphatic rings. The highest BCUT2D eigenvalue weighted by molar-refractivity contribution is 6.24. The number of aromatic nitrogens is 1. The molecule has 0 N–H and O–H groups in total. The Balaban J connectivity index is 2.21. The first-order chi connectivity index (χ1) is 9.93. The summed E-state index contributed by atoms with van der Waals surface area (Å²) in [4.78, 5) is 0. The van der Waals surface area contributed by atoms with Crippen molar-refractivity contribution in [3.05, 3.63) is 65.7 Å². The highest BCUT2D eigenvalue weighted by Gasteiger charge is 2.23. The maximum atomic E-state index is 2.50. The van der Waals surface area contributed by atoms with Crippen LogP contribution < -0.4 is 0 Å². The van der Waals surface area contributed by atoms with Crippen LogP contribution >= 0.6 is 0 Å². The fourth-order valence-electron chi connectivity index (χ4n) is 4.19. The highest BCUT2D eigenvalue weighted by atomic mass is 14.9. The molecule has 0 fully saturated rings. The maximum Gasteiger partial charge on any atom is 0.0620 e. The normalized spacial score (nSPS) is 13.8. The van der Waals surface area contributed by atoms with Gasteiger partial charge in [0.2, 0.25) is 0 Å². The average Bonchev–Trinajstić information content (AvgIpc) is 3.01. The summed E-state index contributed by atoms with van der Waals surface area (Å²) in [5, 5.41) is 5.59. The molecule has 0 bridgehead atoms. The second-order valence-corrected chi connectivity index (χ2v) is 5.84. The van der Waals surface area contributed by atoms with Crippen LogP contribution in [0.1, 0.15) is 11.1 Å². The van der Waals surface area contributed by atoms with Crippen molar-refractivity contribution in [3.8, 4) is 0 Å². The topological polar surface area (TPSA) is 4.41 Å². The Hall–Kier alpha value is -2.54. The third-order valence-electron chi connectivity index (χ3n) is 4.91. The van der Waals surface area contributed by atoms with Gasteiger partial charge in [0.25, 0.3) is 0 Å². The number of hydrogen-bond acceptors (Lipinski definition) is 0. The molecule has 1 heteroatoms. The predicted molar refractivity (Wildman–Crippen MR) is 83.9 cm³/mol. The first-order valence-electron chi connectivity index (χ1n) is 7.11. The molecule has 0 saturated heterocycles. The Labute approximate surface area is 115 Å². The standard InChI is InChI=1S/C19H11N/c1-4-11-10-12-5-2-7-14-16-9-3-8-15-13(6-1)17(11)20(18(12)14)19(15)16/h1-9H,10H2. The average molecular weight is 253 g/mol. The Kier molecular flexibility index (Phi) is 1.31. The van der Waals surface area contributed by atoms with Crippen LogP contribution in [0.2, 0.25) is 0 Å². The molecule has 1 aliphatic heterocycles. The summed E-state index contributed by atoms with van der Waals surface area (Å²) in [6.07, 6.45) is 1.06. The lowest BCUT2D eigenvalue weighted by atomic mass is 9.96. The first-order valence-corrected chi connectivity index (χ1v) is 7.11. The van der Waals surface area contributed by atoms with E-state index in [4.69, 9.17) is 0 Å². The Morgan fingerprint density at radius 1 is 0.550 bits per heavy atom. The van der Waals surface area contributed by atoms with Crippen LogP contribution in [0.3, 0.4) is 0 Å². The van der Waals surface area contributed by atoms with Crippen LogP contribution in [0.25, 0.3) is 38.1 Å². The van der Waals surface area contributed by atoms with Gasteiger partial charge in [-0.15, -0.1) is 0 Å². The van der Waals surface area contributed by atoms with Crippen molar-refractivity contribution in [2.45, 2.75) is 6.42 Å². The summed E-state index contributed by atoms with van der Waals surface area (Å²) in [5.74, 6) is 0. The molecule has 3 heterocycles. The molecule has 20 heavy (non-hydrogen) atoms. The Morgan fingerprint density at radius 2 is 1.00 bits per heavy atom. The molecule has 2 aromatic heterocycles. The zero-order valence-electron chi connectivity index (χ0n) is 10.9. The van der Waals surface area contributed by atoms with Gasteiger partial charge in [-0.05, 0) is 11.1 Å². The number of rotatable bonds is 0. The third-order valence-corrected chi connectivity index (χ3v) is 4.91. The molecular weight excluding hydrogens is 242 g/mol. The Bertz CT molecular complexity index is 1070. The van der Waals surface area contributed by atoms with Gasteiger partial charge in [0.05, 0.1) is 16.6 Å². The third kappa shape index (κ3) is 0.803. The van der Waals surface area contributed by atoms with Crippen molar-refractivity contribution in [1.29, 1.82) is 0 Å². The van der Waals surface area contributed by atoms with Gasteiger partial charge < -0.3 is 4.40 Å². The van der Waals surface area contributed by atoms with E-state index in [0.717, 1.165) is 6.42 Å². The lowest BCUT2D eigenvalue weighted by Crippen LogP contribution is -1.99. The van der Waals surface area contributed by atoms with E-state index >= 15 is 0 Å². The number of hydrogen-bond donors (Lipinski definition) is 0. The van der Waals surface area contributed by atoms with E-state index in [0.29, 0.717) is 0 Å². The quantitative estimate of drug-likeness (QED) is 0.368. The molecule has 0 amide bonds. The largest absolute Gasteiger partial charge is 0.307 e. The maximum absolute atomic E-state index is 2.50. The van der Waals surface area contributed by atoms with Gasteiger partial charge in [0.15, 0.2) is 0 Å². The fourth-order valence-corrected chi connectivity index (χ4v) is 4.19. The highest BCUT2D eigenvalue weighted by Crippen LogP contribution is 2.43. The summed E-state index contributed by atoms with van der Waals surface area (Å²) < 4.78 is 2.50. The molecular formula is C19H11N. The second kappa shape index (κ2) is 2.80. The van der Waals surface area contributed by atoms with Gasteiger partial charge >= 0.3 is 0 Å². The fraction of sp³-hybridized carbons (Fsp3) is 0.0526. The van der Waals surface area contributed by atoms with Gasteiger partial charge in [-0.2, -0.15) is 0 Å². The van der Waals surface area contributed by atoms with Gasteiger partial charge in [-0.25, -0.2) is 0 Å². The van der Waals surface area contributed by atoms with E-state index < -0.39 is 0 Å². The van der Waals surface area contributed by atoms with E-state index in [1.165, 1.54) is 49.2 Å². The van der Waals surface area contributed by atoms with Gasteiger partial charge in [0.1, 0.15) is 0 Å². The monoisotopic (exact) mass is 253 g/mol. The van der Waals surface area contributed by atoms with Crippen molar-refractivity contribution < 1.29 is 0 Å². The molecule has 6 rings (SSSR count). The van der Waals surface area contributed by atoms with Crippen LogP contribution in [0.15, 0.2) is 54.6 Å². The summed E-state index contributed by atoms with van der Waals surface area (Å²) in [6, 6.07) is 20.2. The molecule has 0 unspecified atom stereocenters. The second-order valence-electron chi connectivity index (χ2n) is 5.84. The summed E-state index contributed by atoms with van der Waals surface area (Å²) in [6.45, 7) is 0. The minimum Gasteiger partial charge on any atom is -0.307 e. The lowest BCUT2D eigenvalue weighted by Gasteiger charge is -2.13. The van der Waals surface area contributed by atoms with E-state index in [9.17, 15) is 0 Å². The number of fused-ring (bicyclic) bond motifs is 2. The molecule has 5 aromatic rings. The zero-order chi connectivity index (χ0) is 12.8. The van der Waals surface area contributed by atoms with E-state index in [1.807, 2.05) is 0 Å². The molecule has 92 valence electrons. The van der Waals surface area contributed by atoms with Crippen LogP contribution in [0.5, 0.6) is 0 Å². The molecule has 0 saturated carbocycles. The van der Waals surface area contributed by atoms with Crippen LogP contribution in [0.4, 0.5) is 0 Å². The minimum atomic E-state index is 1.06. The smallest absolute Gasteiger partial charge is 0.0620 e. The molecule has 0 radical (unpaired) electrons. The van der Waals surface area contributed by atoms with Crippen LogP contribution in [-0.2, 0) is 6.42 Å². The lowest BCUT2D eigenvalue weighted by molar-refractivity contribution is 1.15. The summed E-state index contributed by atoms with van der Waals surface area (Å²) in [5.41, 5.74) is 7.16. The van der Waals surface area contributed by atoms with E-state index in [2.05, 4.69) is 59.0 Å². The van der Waals surface area contributed by atoms with Gasteiger partial charge in [-0.1, -0.05) is 54.6 Å². The van der Waals surface area contributed by atoms with Crippen molar-refractivity contribution >= 4 is 38.1 Å². The first kappa shape index (κ1) is 9.38. The minimum absolute atomic E-state index is 1.06. The summed E-state index contributed by atoms with van der Waals surface area (Å²) >= 11 is 0. The molecule has 0 atom stereocenters. The Morgan fingerprint density at radius 3 is 1.55 bits per heavy atom. The molecule has 0 aliphatic carbocycles.